The number of carbonyl (C=O) groups is 3. The Morgan fingerprint density at radius 2 is 1.78 bits per heavy atom. The van der Waals surface area contributed by atoms with E-state index in [1.54, 1.807) is 11.8 Å². The minimum absolute atomic E-state index is 0.129. The molecule has 2 N–H and O–H groups in total. The number of nitrogens with zero attached hydrogens (tertiary/aromatic N) is 3. The van der Waals surface area contributed by atoms with Crippen LogP contribution in [-0.2, 0) is 21.6 Å². The van der Waals surface area contributed by atoms with Gasteiger partial charge in [-0.15, -0.1) is 4.68 Å². The number of aromatic nitrogens is 2. The first-order chi connectivity index (χ1) is 17.2. The Bertz CT molecular complexity index is 1250. The average Bonchev–Trinajstić information content (AvgIpc) is 3.23. The molecular formula is C28H39N5O4. The van der Waals surface area contributed by atoms with Crippen LogP contribution in [0.2, 0.25) is 0 Å². The molecule has 1 aliphatic carbocycles. The van der Waals surface area contributed by atoms with E-state index in [-0.39, 0.29) is 36.3 Å². The highest BCUT2D eigenvalue weighted by Crippen LogP contribution is 2.54. The number of benzene rings is 1. The molecule has 1 aromatic carbocycles. The molecule has 3 amide bonds. The molecule has 1 aromatic heterocycles. The summed E-state index contributed by atoms with van der Waals surface area (Å²) < 4.78 is 6.39. The Balaban J connectivity index is 1.69. The van der Waals surface area contributed by atoms with Crippen molar-refractivity contribution in [3.05, 3.63) is 40.6 Å². The van der Waals surface area contributed by atoms with Gasteiger partial charge in [0.2, 0.25) is 5.91 Å². The lowest BCUT2D eigenvalue weighted by Gasteiger charge is -2.50. The number of ether oxygens (including phenoxy) is 1. The summed E-state index contributed by atoms with van der Waals surface area (Å²) in [5.74, 6) is 0.152. The van der Waals surface area contributed by atoms with Crippen LogP contribution in [0, 0.1) is 24.7 Å². The molecule has 0 radical (unpaired) electrons. The molecule has 0 spiro atoms. The predicted molar refractivity (Wildman–Crippen MR) is 143 cm³/mol. The molecule has 1 saturated carbocycles. The van der Waals surface area contributed by atoms with Gasteiger partial charge < -0.3 is 20.3 Å². The molecule has 1 fully saturated rings. The Labute approximate surface area is 218 Å². The van der Waals surface area contributed by atoms with Crippen molar-refractivity contribution in [3.63, 3.8) is 0 Å². The molecule has 1 aliphatic heterocycles. The summed E-state index contributed by atoms with van der Waals surface area (Å²) in [7, 11) is 0. The molecule has 0 unspecified atom stereocenters. The average molecular weight is 510 g/mol. The number of anilines is 2. The number of hydrogen-bond donors (Lipinski definition) is 2. The number of aryl methyl sites for hydroxylation is 2. The van der Waals surface area contributed by atoms with Gasteiger partial charge in [0, 0.05) is 11.3 Å². The van der Waals surface area contributed by atoms with Crippen molar-refractivity contribution in [2.75, 3.05) is 17.2 Å². The molecule has 200 valence electrons. The summed E-state index contributed by atoms with van der Waals surface area (Å²) in [6.07, 6.45) is 1.90. The predicted octanol–water partition coefficient (Wildman–Crippen LogP) is 5.94. The van der Waals surface area contributed by atoms with Crippen LogP contribution in [0.1, 0.15) is 83.2 Å². The summed E-state index contributed by atoms with van der Waals surface area (Å²) in [4.78, 5) is 41.7. The van der Waals surface area contributed by atoms with E-state index >= 15 is 0 Å². The van der Waals surface area contributed by atoms with Crippen molar-refractivity contribution in [2.24, 2.45) is 10.8 Å². The zero-order chi connectivity index (χ0) is 27.3. The normalized spacial score (nSPS) is 17.6. The minimum Gasteiger partial charge on any atom is -0.448 e. The molecule has 0 atom stereocenters. The van der Waals surface area contributed by atoms with Gasteiger partial charge in [-0.25, -0.2) is 9.59 Å². The van der Waals surface area contributed by atoms with Crippen molar-refractivity contribution in [1.82, 2.24) is 14.7 Å². The highest BCUT2D eigenvalue weighted by Gasteiger charge is 2.53. The zero-order valence-corrected chi connectivity index (χ0v) is 23.2. The van der Waals surface area contributed by atoms with Gasteiger partial charge in [-0.3, -0.25) is 4.79 Å². The van der Waals surface area contributed by atoms with Crippen LogP contribution in [0.3, 0.4) is 0 Å². The summed E-state index contributed by atoms with van der Waals surface area (Å²) >= 11 is 0. The first-order valence-corrected chi connectivity index (χ1v) is 13.0. The molecule has 37 heavy (non-hydrogen) atoms. The number of carbonyl (C=O) groups excluding carboxylic acids is 3. The maximum Gasteiger partial charge on any atom is 0.436 e. The SMILES string of the molecule is CCOC(=O)n1nc2c(c1NC(=O)C1(C(C)(C)C)CCC1)CN(C(=O)Nc1cc(C)ccc1C)C2(C)C. The van der Waals surface area contributed by atoms with E-state index in [2.05, 4.69) is 36.5 Å². The quantitative estimate of drug-likeness (QED) is 0.530. The molecule has 0 saturated heterocycles. The van der Waals surface area contributed by atoms with Crippen LogP contribution in [-0.4, -0.2) is 39.3 Å². The van der Waals surface area contributed by atoms with E-state index in [1.807, 2.05) is 45.9 Å². The Kier molecular flexibility index (Phi) is 6.63. The van der Waals surface area contributed by atoms with E-state index in [1.165, 1.54) is 0 Å². The van der Waals surface area contributed by atoms with Crippen LogP contribution in [0.5, 0.6) is 0 Å². The van der Waals surface area contributed by atoms with Gasteiger partial charge in [0.25, 0.3) is 0 Å². The Morgan fingerprint density at radius 1 is 1.11 bits per heavy atom. The number of rotatable bonds is 4. The second-order valence-electron chi connectivity index (χ2n) is 11.8. The van der Waals surface area contributed by atoms with Gasteiger partial charge in [-0.05, 0) is 70.1 Å². The van der Waals surface area contributed by atoms with Gasteiger partial charge in [0.1, 0.15) is 5.82 Å². The first kappa shape index (κ1) is 26.7. The fourth-order valence-corrected chi connectivity index (χ4v) is 5.47. The lowest BCUT2D eigenvalue weighted by atomic mass is 9.54. The third-order valence-electron chi connectivity index (χ3n) is 8.18. The number of hydrogen-bond acceptors (Lipinski definition) is 5. The van der Waals surface area contributed by atoms with Crippen molar-refractivity contribution < 1.29 is 19.1 Å². The third-order valence-corrected chi connectivity index (χ3v) is 8.18. The van der Waals surface area contributed by atoms with E-state index < -0.39 is 17.0 Å². The highest BCUT2D eigenvalue weighted by molar-refractivity contribution is 5.98. The van der Waals surface area contributed by atoms with E-state index in [0.717, 1.165) is 40.8 Å². The smallest absolute Gasteiger partial charge is 0.436 e. The lowest BCUT2D eigenvalue weighted by molar-refractivity contribution is -0.139. The van der Waals surface area contributed by atoms with E-state index in [4.69, 9.17) is 4.74 Å². The van der Waals surface area contributed by atoms with E-state index in [0.29, 0.717) is 11.3 Å². The topological polar surface area (TPSA) is 106 Å². The second-order valence-corrected chi connectivity index (χ2v) is 11.8. The zero-order valence-electron chi connectivity index (χ0n) is 23.2. The summed E-state index contributed by atoms with van der Waals surface area (Å²) in [6.45, 7) is 16.0. The maximum absolute atomic E-state index is 13.7. The van der Waals surface area contributed by atoms with Crippen LogP contribution >= 0.6 is 0 Å². The number of fused-ring (bicyclic) bond motifs is 1. The van der Waals surface area contributed by atoms with Crippen LogP contribution < -0.4 is 10.6 Å². The second kappa shape index (κ2) is 9.19. The fraction of sp³-hybridized carbons (Fsp3) is 0.571. The largest absolute Gasteiger partial charge is 0.448 e. The summed E-state index contributed by atoms with van der Waals surface area (Å²) in [5, 5.41) is 10.7. The molecule has 2 aliphatic rings. The molecule has 4 rings (SSSR count). The molecule has 0 bridgehead atoms. The van der Waals surface area contributed by atoms with Crippen molar-refractivity contribution in [2.45, 2.75) is 86.7 Å². The minimum atomic E-state index is -0.827. The Hall–Kier alpha value is -3.36. The molecule has 9 heteroatoms. The Morgan fingerprint density at radius 3 is 2.35 bits per heavy atom. The van der Waals surface area contributed by atoms with Gasteiger partial charge in [-0.1, -0.05) is 39.3 Å². The molecule has 2 aromatic rings. The molecular weight excluding hydrogens is 470 g/mol. The van der Waals surface area contributed by atoms with Crippen molar-refractivity contribution in [3.8, 4) is 0 Å². The summed E-state index contributed by atoms with van der Waals surface area (Å²) in [6, 6.07) is 5.63. The fourth-order valence-electron chi connectivity index (χ4n) is 5.47. The summed E-state index contributed by atoms with van der Waals surface area (Å²) in [5.41, 5.74) is 2.35. The maximum atomic E-state index is 13.7. The van der Waals surface area contributed by atoms with E-state index in [9.17, 15) is 14.4 Å². The van der Waals surface area contributed by atoms with Crippen molar-refractivity contribution >= 4 is 29.5 Å². The van der Waals surface area contributed by atoms with Gasteiger partial charge in [0.05, 0.1) is 29.8 Å². The van der Waals surface area contributed by atoms with Gasteiger partial charge in [-0.2, -0.15) is 5.10 Å². The number of urea groups is 1. The van der Waals surface area contributed by atoms with Gasteiger partial charge >= 0.3 is 12.1 Å². The standard InChI is InChI=1S/C28H39N5O4/c1-9-37-25(36)33-22(30-23(34)28(13-10-14-28)26(4,5)6)19-16-32(27(7,8)21(19)31-33)24(35)29-20-15-17(2)11-12-18(20)3/h11-12,15H,9-10,13-14,16H2,1-8H3,(H,29,35)(H,30,34). The first-order valence-electron chi connectivity index (χ1n) is 13.0. The van der Waals surface area contributed by atoms with Crippen LogP contribution in [0.4, 0.5) is 21.1 Å². The number of nitrogens with one attached hydrogen (secondary N) is 2. The van der Waals surface area contributed by atoms with Crippen LogP contribution in [0.15, 0.2) is 18.2 Å². The van der Waals surface area contributed by atoms with Gasteiger partial charge in [0.15, 0.2) is 0 Å². The highest BCUT2D eigenvalue weighted by atomic mass is 16.6. The lowest BCUT2D eigenvalue weighted by Crippen LogP contribution is -2.51. The van der Waals surface area contributed by atoms with Crippen molar-refractivity contribution in [1.29, 1.82) is 0 Å². The monoisotopic (exact) mass is 509 g/mol. The van der Waals surface area contributed by atoms with Crippen LogP contribution in [0.25, 0.3) is 0 Å². The third kappa shape index (κ3) is 4.38. The molecule has 9 nitrogen and oxygen atoms in total. The number of amides is 3. The molecule has 2 heterocycles.